The van der Waals surface area contributed by atoms with Gasteiger partial charge in [-0.2, -0.15) is 4.98 Å². The Hall–Kier alpha value is -2.63. The summed E-state index contributed by atoms with van der Waals surface area (Å²) in [7, 11) is 1.71. The molecule has 0 amide bonds. The van der Waals surface area contributed by atoms with Crippen LogP contribution in [0.4, 0.5) is 11.8 Å². The third-order valence-electron chi connectivity index (χ3n) is 4.24. The first-order valence-corrected chi connectivity index (χ1v) is 9.78. The van der Waals surface area contributed by atoms with Crippen molar-refractivity contribution in [3.05, 3.63) is 71.2 Å². The Morgan fingerprint density at radius 1 is 0.929 bits per heavy atom. The molecule has 0 aliphatic rings. The molecule has 3 rings (SSSR count). The molecule has 1 heterocycles. The maximum Gasteiger partial charge on any atom is 0.225 e. The molecule has 6 heteroatoms. The van der Waals surface area contributed by atoms with Gasteiger partial charge in [0.2, 0.25) is 5.95 Å². The van der Waals surface area contributed by atoms with Crippen molar-refractivity contribution in [2.45, 2.75) is 12.8 Å². The van der Waals surface area contributed by atoms with Crippen molar-refractivity contribution in [2.75, 3.05) is 37.4 Å². The van der Waals surface area contributed by atoms with E-state index in [1.54, 1.807) is 7.11 Å². The van der Waals surface area contributed by atoms with E-state index in [1.165, 1.54) is 5.56 Å². The highest BCUT2D eigenvalue weighted by Crippen LogP contribution is 2.21. The molecule has 0 aliphatic carbocycles. The molecule has 1 aromatic heterocycles. The number of aromatic nitrogens is 2. The maximum atomic E-state index is 5.95. The van der Waals surface area contributed by atoms with Crippen LogP contribution in [0.15, 0.2) is 60.7 Å². The van der Waals surface area contributed by atoms with Crippen LogP contribution in [-0.2, 0) is 11.2 Å². The summed E-state index contributed by atoms with van der Waals surface area (Å²) in [5.74, 6) is 1.42. The van der Waals surface area contributed by atoms with Gasteiger partial charge in [0.05, 0.1) is 5.69 Å². The van der Waals surface area contributed by atoms with Crippen LogP contribution in [0.25, 0.3) is 11.3 Å². The second-order valence-electron chi connectivity index (χ2n) is 6.40. The van der Waals surface area contributed by atoms with Crippen LogP contribution in [0.2, 0.25) is 5.02 Å². The zero-order chi connectivity index (χ0) is 19.6. The summed E-state index contributed by atoms with van der Waals surface area (Å²) in [4.78, 5) is 9.29. The lowest BCUT2D eigenvalue weighted by Crippen LogP contribution is -2.11. The van der Waals surface area contributed by atoms with Crippen molar-refractivity contribution in [2.24, 2.45) is 0 Å². The highest BCUT2D eigenvalue weighted by atomic mass is 35.5. The third-order valence-corrected chi connectivity index (χ3v) is 4.49. The molecular formula is C22H25ClN4O. The van der Waals surface area contributed by atoms with E-state index in [0.29, 0.717) is 5.95 Å². The summed E-state index contributed by atoms with van der Waals surface area (Å²) in [6.07, 6.45) is 1.78. The number of anilines is 2. The summed E-state index contributed by atoms with van der Waals surface area (Å²) in [5, 5.41) is 7.45. The molecule has 2 N–H and O–H groups in total. The van der Waals surface area contributed by atoms with Gasteiger partial charge >= 0.3 is 0 Å². The third kappa shape index (κ3) is 6.22. The minimum absolute atomic E-state index is 0.615. The molecular weight excluding hydrogens is 372 g/mol. The average Bonchev–Trinajstić information content (AvgIpc) is 2.73. The first kappa shape index (κ1) is 20.1. The SMILES string of the molecule is COCCCNc1cc(-c2ccccc2)nc(NCCc2ccc(Cl)cc2)n1. The summed E-state index contributed by atoms with van der Waals surface area (Å²) in [5.41, 5.74) is 3.17. The smallest absolute Gasteiger partial charge is 0.225 e. The van der Waals surface area contributed by atoms with Crippen LogP contribution < -0.4 is 10.6 Å². The van der Waals surface area contributed by atoms with Gasteiger partial charge in [-0.1, -0.05) is 54.1 Å². The van der Waals surface area contributed by atoms with Crippen molar-refractivity contribution in [1.29, 1.82) is 0 Å². The zero-order valence-electron chi connectivity index (χ0n) is 16.0. The van der Waals surface area contributed by atoms with E-state index in [2.05, 4.69) is 32.7 Å². The van der Waals surface area contributed by atoms with E-state index < -0.39 is 0 Å². The monoisotopic (exact) mass is 396 g/mol. The molecule has 0 aliphatic heterocycles. The molecule has 0 bridgehead atoms. The zero-order valence-corrected chi connectivity index (χ0v) is 16.7. The van der Waals surface area contributed by atoms with Crippen LogP contribution in [0.1, 0.15) is 12.0 Å². The van der Waals surface area contributed by atoms with Crippen molar-refractivity contribution in [3.63, 3.8) is 0 Å². The van der Waals surface area contributed by atoms with Crippen LogP contribution in [-0.4, -0.2) is 36.8 Å². The van der Waals surface area contributed by atoms with Crippen molar-refractivity contribution in [1.82, 2.24) is 9.97 Å². The molecule has 0 saturated carbocycles. The van der Waals surface area contributed by atoms with E-state index in [-0.39, 0.29) is 0 Å². The maximum absolute atomic E-state index is 5.95. The molecule has 5 nitrogen and oxygen atoms in total. The molecule has 146 valence electrons. The number of nitrogens with zero attached hydrogens (tertiary/aromatic N) is 2. The number of methoxy groups -OCH3 is 1. The minimum Gasteiger partial charge on any atom is -0.385 e. The van der Waals surface area contributed by atoms with Gasteiger partial charge < -0.3 is 15.4 Å². The molecule has 2 aromatic carbocycles. The van der Waals surface area contributed by atoms with Gasteiger partial charge in [0.1, 0.15) is 5.82 Å². The van der Waals surface area contributed by atoms with Crippen LogP contribution in [0, 0.1) is 0 Å². The normalized spacial score (nSPS) is 10.6. The van der Waals surface area contributed by atoms with Gasteiger partial charge in [-0.25, -0.2) is 4.98 Å². The van der Waals surface area contributed by atoms with Gasteiger partial charge in [-0.15, -0.1) is 0 Å². The Labute approximate surface area is 171 Å². The molecule has 0 saturated heterocycles. The number of hydrogen-bond donors (Lipinski definition) is 2. The van der Waals surface area contributed by atoms with Crippen LogP contribution in [0.5, 0.6) is 0 Å². The summed E-state index contributed by atoms with van der Waals surface area (Å²) in [6.45, 7) is 2.25. The largest absolute Gasteiger partial charge is 0.385 e. The van der Waals surface area contributed by atoms with Gasteiger partial charge in [-0.3, -0.25) is 0 Å². The van der Waals surface area contributed by atoms with E-state index in [0.717, 1.165) is 54.6 Å². The summed E-state index contributed by atoms with van der Waals surface area (Å²) in [6, 6.07) is 20.0. The molecule has 0 spiro atoms. The number of ether oxygens (including phenoxy) is 1. The Balaban J connectivity index is 1.69. The van der Waals surface area contributed by atoms with E-state index in [1.807, 2.05) is 48.5 Å². The number of nitrogens with one attached hydrogen (secondary N) is 2. The van der Waals surface area contributed by atoms with E-state index in [9.17, 15) is 0 Å². The number of rotatable bonds is 10. The molecule has 3 aromatic rings. The van der Waals surface area contributed by atoms with Crippen LogP contribution >= 0.6 is 11.6 Å². The van der Waals surface area contributed by atoms with Gasteiger partial charge in [-0.05, 0) is 30.5 Å². The topological polar surface area (TPSA) is 59.1 Å². The number of halogens is 1. The lowest BCUT2D eigenvalue weighted by atomic mass is 10.1. The lowest BCUT2D eigenvalue weighted by Gasteiger charge is -2.11. The lowest BCUT2D eigenvalue weighted by molar-refractivity contribution is 0.198. The predicted molar refractivity (Wildman–Crippen MR) is 116 cm³/mol. The number of hydrogen-bond acceptors (Lipinski definition) is 5. The summed E-state index contributed by atoms with van der Waals surface area (Å²) >= 11 is 5.95. The van der Waals surface area contributed by atoms with Gasteiger partial charge in [0.25, 0.3) is 0 Å². The van der Waals surface area contributed by atoms with Gasteiger partial charge in [0.15, 0.2) is 0 Å². The fourth-order valence-corrected chi connectivity index (χ4v) is 2.90. The molecule has 0 atom stereocenters. The van der Waals surface area contributed by atoms with Crippen molar-refractivity contribution in [3.8, 4) is 11.3 Å². The molecule has 28 heavy (non-hydrogen) atoms. The molecule has 0 radical (unpaired) electrons. The number of benzene rings is 2. The Bertz CT molecular complexity index is 856. The fraction of sp³-hybridized carbons (Fsp3) is 0.273. The standard InChI is InChI=1S/C22H25ClN4O/c1-28-15-5-13-24-21-16-20(18-6-3-2-4-7-18)26-22(27-21)25-14-12-17-8-10-19(23)11-9-17/h2-4,6-11,16H,5,12-15H2,1H3,(H2,24,25,26,27). The highest BCUT2D eigenvalue weighted by Gasteiger charge is 2.07. The average molecular weight is 397 g/mol. The predicted octanol–water partition coefficient (Wildman–Crippen LogP) is 4.90. The van der Waals surface area contributed by atoms with Crippen molar-refractivity contribution >= 4 is 23.4 Å². The van der Waals surface area contributed by atoms with Crippen LogP contribution in [0.3, 0.4) is 0 Å². The second kappa shape index (κ2) is 10.6. The summed E-state index contributed by atoms with van der Waals surface area (Å²) < 4.78 is 5.11. The van der Waals surface area contributed by atoms with E-state index in [4.69, 9.17) is 16.3 Å². The fourth-order valence-electron chi connectivity index (χ4n) is 2.78. The second-order valence-corrected chi connectivity index (χ2v) is 6.84. The Morgan fingerprint density at radius 3 is 2.46 bits per heavy atom. The van der Waals surface area contributed by atoms with E-state index >= 15 is 0 Å². The quantitative estimate of drug-likeness (QED) is 0.477. The minimum atomic E-state index is 0.615. The first-order chi connectivity index (χ1) is 13.7. The van der Waals surface area contributed by atoms with Crippen molar-refractivity contribution < 1.29 is 4.74 Å². The first-order valence-electron chi connectivity index (χ1n) is 9.40. The Morgan fingerprint density at radius 2 is 1.71 bits per heavy atom. The Kier molecular flexibility index (Phi) is 7.64. The highest BCUT2D eigenvalue weighted by molar-refractivity contribution is 6.30. The molecule has 0 fully saturated rings. The van der Waals surface area contributed by atoms with Gasteiger partial charge in [0, 0.05) is 43.5 Å². The molecule has 0 unspecified atom stereocenters.